The van der Waals surface area contributed by atoms with Gasteiger partial charge in [0.25, 0.3) is 0 Å². The van der Waals surface area contributed by atoms with Gasteiger partial charge in [0.1, 0.15) is 0 Å². The third kappa shape index (κ3) is 6.87. The van der Waals surface area contributed by atoms with Crippen molar-refractivity contribution in [3.8, 4) is 0 Å². The summed E-state index contributed by atoms with van der Waals surface area (Å²) in [6, 6.07) is 0. The first-order valence-corrected chi connectivity index (χ1v) is 8.28. The fourth-order valence-corrected chi connectivity index (χ4v) is 2.68. The van der Waals surface area contributed by atoms with Crippen LogP contribution in [-0.4, -0.2) is 37.5 Å². The molecule has 0 aliphatic heterocycles. The lowest BCUT2D eigenvalue weighted by atomic mass is 9.85. The Hall–Kier alpha value is -0.380. The summed E-state index contributed by atoms with van der Waals surface area (Å²) in [6.45, 7) is 9.57. The number of ether oxygens (including phenoxy) is 1. The molecule has 3 heteroatoms. The van der Waals surface area contributed by atoms with Crippen LogP contribution in [0.3, 0.4) is 0 Å². The van der Waals surface area contributed by atoms with E-state index in [0.29, 0.717) is 25.0 Å². The fourth-order valence-electron chi connectivity index (χ4n) is 2.68. The zero-order valence-corrected chi connectivity index (χ0v) is 13.5. The molecule has 0 bridgehead atoms. The van der Waals surface area contributed by atoms with Gasteiger partial charge >= 0.3 is 0 Å². The van der Waals surface area contributed by atoms with Crippen molar-refractivity contribution in [3.63, 3.8) is 0 Å². The number of nitrogens with one attached hydrogen (secondary N) is 1. The van der Waals surface area contributed by atoms with E-state index in [1.54, 1.807) is 0 Å². The summed E-state index contributed by atoms with van der Waals surface area (Å²) < 4.78 is 5.69. The highest BCUT2D eigenvalue weighted by Crippen LogP contribution is 2.24. The van der Waals surface area contributed by atoms with E-state index in [1.807, 2.05) is 0 Å². The van der Waals surface area contributed by atoms with E-state index in [-0.39, 0.29) is 6.10 Å². The predicted molar refractivity (Wildman–Crippen MR) is 84.8 cm³/mol. The molecule has 0 saturated carbocycles. The third-order valence-corrected chi connectivity index (χ3v) is 4.53. The van der Waals surface area contributed by atoms with Gasteiger partial charge in [-0.05, 0) is 37.1 Å². The molecule has 3 unspecified atom stereocenters. The maximum atomic E-state index is 9.90. The number of hydrogen-bond acceptors (Lipinski definition) is 3. The van der Waals surface area contributed by atoms with Crippen molar-refractivity contribution in [3.05, 3.63) is 12.2 Å². The molecule has 1 aliphatic carbocycles. The Morgan fingerprint density at radius 3 is 2.55 bits per heavy atom. The van der Waals surface area contributed by atoms with Gasteiger partial charge in [-0.25, -0.2) is 0 Å². The van der Waals surface area contributed by atoms with Gasteiger partial charge in [-0.2, -0.15) is 0 Å². The molecule has 0 aromatic rings. The molecular weight excluding hydrogens is 250 g/mol. The molecule has 0 amide bonds. The van der Waals surface area contributed by atoms with Gasteiger partial charge in [0.15, 0.2) is 0 Å². The molecule has 0 aromatic carbocycles. The zero-order valence-electron chi connectivity index (χ0n) is 13.5. The summed E-state index contributed by atoms with van der Waals surface area (Å²) in [5.74, 6) is 2.04. The number of hydrogen-bond donors (Lipinski definition) is 2. The summed E-state index contributed by atoms with van der Waals surface area (Å²) in [4.78, 5) is 0. The summed E-state index contributed by atoms with van der Waals surface area (Å²) in [5, 5.41) is 13.2. The van der Waals surface area contributed by atoms with Gasteiger partial charge in [-0.1, -0.05) is 45.8 Å². The van der Waals surface area contributed by atoms with E-state index >= 15 is 0 Å². The molecular formula is C17H33NO2. The van der Waals surface area contributed by atoms with Gasteiger partial charge in [-0.3, -0.25) is 0 Å². The first-order valence-electron chi connectivity index (χ1n) is 8.28. The van der Waals surface area contributed by atoms with Crippen molar-refractivity contribution in [1.82, 2.24) is 5.32 Å². The summed E-state index contributed by atoms with van der Waals surface area (Å²) >= 11 is 0. The maximum absolute atomic E-state index is 9.90. The van der Waals surface area contributed by atoms with E-state index in [4.69, 9.17) is 4.74 Å². The van der Waals surface area contributed by atoms with Gasteiger partial charge < -0.3 is 15.2 Å². The summed E-state index contributed by atoms with van der Waals surface area (Å²) in [5.41, 5.74) is 0. The second kappa shape index (κ2) is 10.4. The molecule has 20 heavy (non-hydrogen) atoms. The van der Waals surface area contributed by atoms with Crippen LogP contribution >= 0.6 is 0 Å². The van der Waals surface area contributed by atoms with Gasteiger partial charge in [0, 0.05) is 6.54 Å². The second-order valence-corrected chi connectivity index (χ2v) is 6.21. The largest absolute Gasteiger partial charge is 0.389 e. The predicted octanol–water partition coefficient (Wildman–Crippen LogP) is 2.99. The number of aliphatic hydroxyl groups is 1. The van der Waals surface area contributed by atoms with Gasteiger partial charge in [0.05, 0.1) is 19.3 Å². The molecule has 118 valence electrons. The third-order valence-electron chi connectivity index (χ3n) is 4.53. The van der Waals surface area contributed by atoms with Crippen molar-refractivity contribution < 1.29 is 9.84 Å². The molecule has 0 heterocycles. The lowest BCUT2D eigenvalue weighted by Gasteiger charge is -2.25. The Labute approximate surface area is 124 Å². The summed E-state index contributed by atoms with van der Waals surface area (Å²) in [6.07, 6.45) is 8.79. The highest BCUT2D eigenvalue weighted by Gasteiger charge is 2.18. The molecule has 0 spiro atoms. The Kier molecular flexibility index (Phi) is 9.16. The fraction of sp³-hybridized carbons (Fsp3) is 0.882. The molecule has 0 fully saturated rings. The van der Waals surface area contributed by atoms with Gasteiger partial charge in [-0.15, -0.1) is 0 Å². The van der Waals surface area contributed by atoms with Crippen molar-refractivity contribution in [2.75, 3.05) is 26.3 Å². The standard InChI is InChI=1S/C17H33NO2/c1-4-15(5-2)10-18-11-17(19)13-20-12-16-9-7-6-8-14(16)3/h6-7,14-19H,4-5,8-13H2,1-3H3. The molecule has 3 nitrogen and oxygen atoms in total. The smallest absolute Gasteiger partial charge is 0.0897 e. The van der Waals surface area contributed by atoms with Crippen molar-refractivity contribution >= 4 is 0 Å². The van der Waals surface area contributed by atoms with E-state index in [2.05, 4.69) is 38.2 Å². The Bertz CT molecular complexity index is 264. The minimum absolute atomic E-state index is 0.390. The average Bonchev–Trinajstić information content (AvgIpc) is 2.46. The minimum Gasteiger partial charge on any atom is -0.389 e. The van der Waals surface area contributed by atoms with E-state index in [9.17, 15) is 5.11 Å². The minimum atomic E-state index is -0.390. The van der Waals surface area contributed by atoms with Crippen molar-refractivity contribution in [2.24, 2.45) is 17.8 Å². The van der Waals surface area contributed by atoms with Crippen LogP contribution in [0.25, 0.3) is 0 Å². The van der Waals surface area contributed by atoms with Gasteiger partial charge in [0.2, 0.25) is 0 Å². The van der Waals surface area contributed by atoms with E-state index in [1.165, 1.54) is 12.8 Å². The molecule has 1 aliphatic rings. The summed E-state index contributed by atoms with van der Waals surface area (Å²) in [7, 11) is 0. The van der Waals surface area contributed by atoms with Crippen LogP contribution in [0.2, 0.25) is 0 Å². The molecule has 3 atom stereocenters. The monoisotopic (exact) mass is 283 g/mol. The van der Waals surface area contributed by atoms with Crippen LogP contribution in [-0.2, 0) is 4.74 Å². The van der Waals surface area contributed by atoms with Crippen LogP contribution < -0.4 is 5.32 Å². The van der Waals surface area contributed by atoms with Crippen LogP contribution in [0.5, 0.6) is 0 Å². The highest BCUT2D eigenvalue weighted by molar-refractivity contribution is 4.93. The highest BCUT2D eigenvalue weighted by atomic mass is 16.5. The van der Waals surface area contributed by atoms with E-state index < -0.39 is 0 Å². The normalized spacial score (nSPS) is 24.2. The zero-order chi connectivity index (χ0) is 14.8. The molecule has 0 aromatic heterocycles. The quantitative estimate of drug-likeness (QED) is 0.606. The lowest BCUT2D eigenvalue weighted by Crippen LogP contribution is -2.34. The Balaban J connectivity index is 2.05. The first-order chi connectivity index (χ1) is 9.67. The SMILES string of the molecule is CCC(CC)CNCC(O)COCC1CC=CCC1C. The molecule has 1 rings (SSSR count). The lowest BCUT2D eigenvalue weighted by molar-refractivity contribution is 0.0126. The Morgan fingerprint density at radius 1 is 1.20 bits per heavy atom. The van der Waals surface area contributed by atoms with Crippen LogP contribution in [0.4, 0.5) is 0 Å². The van der Waals surface area contributed by atoms with Crippen molar-refractivity contribution in [2.45, 2.75) is 52.6 Å². The molecule has 2 N–H and O–H groups in total. The van der Waals surface area contributed by atoms with Crippen LogP contribution in [0.1, 0.15) is 46.5 Å². The average molecular weight is 283 g/mol. The number of rotatable bonds is 10. The second-order valence-electron chi connectivity index (χ2n) is 6.21. The van der Waals surface area contributed by atoms with Crippen molar-refractivity contribution in [1.29, 1.82) is 0 Å². The maximum Gasteiger partial charge on any atom is 0.0897 e. The first kappa shape index (κ1) is 17.7. The van der Waals surface area contributed by atoms with E-state index in [0.717, 1.165) is 31.9 Å². The molecule has 0 saturated heterocycles. The number of aliphatic hydroxyl groups excluding tert-OH is 1. The topological polar surface area (TPSA) is 41.5 Å². The van der Waals surface area contributed by atoms with Crippen LogP contribution in [0, 0.1) is 17.8 Å². The molecule has 0 radical (unpaired) electrons. The Morgan fingerprint density at radius 2 is 1.90 bits per heavy atom. The van der Waals surface area contributed by atoms with Crippen LogP contribution in [0.15, 0.2) is 12.2 Å². The number of allylic oxidation sites excluding steroid dienone is 2.